The molecular weight excluding hydrogens is 208 g/mol. The Kier molecular flexibility index (Phi) is 2.51. The summed E-state index contributed by atoms with van der Waals surface area (Å²) in [6.07, 6.45) is 2.89. The number of carbonyl (C=O) groups is 1. The van der Waals surface area contributed by atoms with Crippen LogP contribution in [-0.4, -0.2) is 26.2 Å². The molecule has 2 aromatic rings. The van der Waals surface area contributed by atoms with Gasteiger partial charge < -0.3 is 10.2 Å². The van der Waals surface area contributed by atoms with Crippen LogP contribution in [0.4, 0.5) is 0 Å². The van der Waals surface area contributed by atoms with Crippen molar-refractivity contribution in [2.24, 2.45) is 0 Å². The van der Waals surface area contributed by atoms with Crippen LogP contribution in [0, 0.1) is 0 Å². The minimum absolute atomic E-state index is 0.355. The van der Waals surface area contributed by atoms with Crippen LogP contribution in [0.15, 0.2) is 36.7 Å². The van der Waals surface area contributed by atoms with Crippen LogP contribution in [0.3, 0.4) is 0 Å². The average molecular weight is 216 g/mol. The maximum absolute atomic E-state index is 10.8. The van der Waals surface area contributed by atoms with Gasteiger partial charge in [-0.1, -0.05) is 6.07 Å². The van der Waals surface area contributed by atoms with E-state index < -0.39 is 5.97 Å². The van der Waals surface area contributed by atoms with Gasteiger partial charge in [0, 0.05) is 18.0 Å². The van der Waals surface area contributed by atoms with E-state index in [0.29, 0.717) is 11.3 Å². The Bertz CT molecular complexity index is 526. The largest absolute Gasteiger partial charge is 0.505 e. The normalized spacial score (nSPS) is 10.0. The van der Waals surface area contributed by atoms with Crippen LogP contribution in [0.2, 0.25) is 0 Å². The highest BCUT2D eigenvalue weighted by Gasteiger charge is 2.15. The van der Waals surface area contributed by atoms with Crippen LogP contribution in [-0.2, 0) is 0 Å². The molecule has 5 nitrogen and oxygen atoms in total. The van der Waals surface area contributed by atoms with Gasteiger partial charge in [0.2, 0.25) is 0 Å². The second-order valence-corrected chi connectivity index (χ2v) is 3.08. The van der Waals surface area contributed by atoms with Crippen LogP contribution in [0.5, 0.6) is 5.75 Å². The first-order valence-corrected chi connectivity index (χ1v) is 4.53. The number of aromatic carboxylic acids is 1. The molecule has 0 radical (unpaired) electrons. The molecule has 80 valence electrons. The molecule has 0 aliphatic rings. The second kappa shape index (κ2) is 3.98. The molecule has 0 unspecified atom stereocenters. The summed E-state index contributed by atoms with van der Waals surface area (Å²) >= 11 is 0. The predicted octanol–water partition coefficient (Wildman–Crippen LogP) is 1.55. The topological polar surface area (TPSA) is 83.3 Å². The maximum atomic E-state index is 10.8. The Hall–Kier alpha value is -2.43. The third-order valence-corrected chi connectivity index (χ3v) is 2.07. The van der Waals surface area contributed by atoms with E-state index in [1.165, 1.54) is 12.3 Å². The number of nitrogens with zero attached hydrogens (tertiary/aromatic N) is 2. The third kappa shape index (κ3) is 1.70. The van der Waals surface area contributed by atoms with Crippen molar-refractivity contribution in [3.63, 3.8) is 0 Å². The summed E-state index contributed by atoms with van der Waals surface area (Å²) in [6.45, 7) is 0. The first kappa shape index (κ1) is 10.1. The highest BCUT2D eigenvalue weighted by molar-refractivity contribution is 5.91. The molecule has 0 aliphatic carbocycles. The number of aromatic hydroxyl groups is 1. The Morgan fingerprint density at radius 2 is 1.94 bits per heavy atom. The summed E-state index contributed by atoms with van der Waals surface area (Å²) in [7, 11) is 0. The van der Waals surface area contributed by atoms with E-state index in [0.717, 1.165) is 0 Å². The molecule has 2 N–H and O–H groups in total. The van der Waals surface area contributed by atoms with E-state index in [-0.39, 0.29) is 11.4 Å². The molecule has 2 rings (SSSR count). The van der Waals surface area contributed by atoms with Crippen molar-refractivity contribution < 1.29 is 15.0 Å². The van der Waals surface area contributed by atoms with Gasteiger partial charge in [-0.15, -0.1) is 0 Å². The van der Waals surface area contributed by atoms with E-state index in [2.05, 4.69) is 9.97 Å². The molecule has 2 heterocycles. The van der Waals surface area contributed by atoms with Gasteiger partial charge >= 0.3 is 5.97 Å². The molecule has 0 aromatic carbocycles. The first-order chi connectivity index (χ1) is 7.70. The lowest BCUT2D eigenvalue weighted by atomic mass is 10.1. The Morgan fingerprint density at radius 1 is 1.12 bits per heavy atom. The van der Waals surface area contributed by atoms with Crippen molar-refractivity contribution in [1.82, 2.24) is 9.97 Å². The van der Waals surface area contributed by atoms with Gasteiger partial charge in [-0.3, -0.25) is 4.98 Å². The molecule has 0 amide bonds. The minimum atomic E-state index is -1.27. The van der Waals surface area contributed by atoms with E-state index in [1.807, 2.05) is 0 Å². The fourth-order valence-corrected chi connectivity index (χ4v) is 1.34. The molecule has 0 fully saturated rings. The van der Waals surface area contributed by atoms with Gasteiger partial charge in [-0.05, 0) is 18.2 Å². The fourth-order valence-electron chi connectivity index (χ4n) is 1.34. The summed E-state index contributed by atoms with van der Waals surface area (Å²) in [5, 5.41) is 18.5. The Balaban J connectivity index is 2.59. The van der Waals surface area contributed by atoms with Crippen molar-refractivity contribution in [2.75, 3.05) is 0 Å². The van der Waals surface area contributed by atoms with E-state index in [4.69, 9.17) is 5.11 Å². The van der Waals surface area contributed by atoms with Crippen LogP contribution in [0.25, 0.3) is 11.3 Å². The van der Waals surface area contributed by atoms with Crippen molar-refractivity contribution in [3.8, 4) is 17.0 Å². The lowest BCUT2D eigenvalue weighted by Gasteiger charge is -2.05. The van der Waals surface area contributed by atoms with E-state index in [1.54, 1.807) is 24.4 Å². The fraction of sp³-hybridized carbons (Fsp3) is 0. The van der Waals surface area contributed by atoms with Gasteiger partial charge in [0.15, 0.2) is 11.4 Å². The Labute approximate surface area is 91.0 Å². The van der Waals surface area contributed by atoms with Crippen LogP contribution < -0.4 is 0 Å². The highest BCUT2D eigenvalue weighted by Crippen LogP contribution is 2.29. The summed E-state index contributed by atoms with van der Waals surface area (Å²) < 4.78 is 0. The zero-order valence-corrected chi connectivity index (χ0v) is 8.16. The van der Waals surface area contributed by atoms with Gasteiger partial charge in [0.1, 0.15) is 0 Å². The van der Waals surface area contributed by atoms with E-state index in [9.17, 15) is 9.90 Å². The molecule has 2 aromatic heterocycles. The van der Waals surface area contributed by atoms with Crippen molar-refractivity contribution in [2.45, 2.75) is 0 Å². The molecule has 0 spiro atoms. The Morgan fingerprint density at radius 3 is 2.56 bits per heavy atom. The summed E-state index contributed by atoms with van der Waals surface area (Å²) in [6, 6.07) is 6.69. The standard InChI is InChI=1S/C11H8N2O3/c14-10-7(8-3-1-2-5-12-8)4-6-13-9(10)11(15)16/h1-6,14H,(H,15,16). The quantitative estimate of drug-likeness (QED) is 0.795. The van der Waals surface area contributed by atoms with Gasteiger partial charge in [-0.25, -0.2) is 9.78 Å². The number of pyridine rings is 2. The molecule has 0 saturated carbocycles. The minimum Gasteiger partial charge on any atom is -0.505 e. The summed E-state index contributed by atoms with van der Waals surface area (Å²) in [5.41, 5.74) is 0.487. The number of carboxylic acids is 1. The molecule has 0 aliphatic heterocycles. The molecule has 5 heteroatoms. The lowest BCUT2D eigenvalue weighted by molar-refractivity contribution is 0.0687. The lowest BCUT2D eigenvalue weighted by Crippen LogP contribution is -2.01. The zero-order chi connectivity index (χ0) is 11.5. The van der Waals surface area contributed by atoms with Crippen molar-refractivity contribution >= 4 is 5.97 Å². The van der Waals surface area contributed by atoms with Crippen LogP contribution in [0.1, 0.15) is 10.5 Å². The zero-order valence-electron chi connectivity index (χ0n) is 8.16. The van der Waals surface area contributed by atoms with Crippen LogP contribution >= 0.6 is 0 Å². The summed E-state index contributed by atoms with van der Waals surface area (Å²) in [4.78, 5) is 18.4. The average Bonchev–Trinajstić information content (AvgIpc) is 2.30. The number of aromatic nitrogens is 2. The van der Waals surface area contributed by atoms with Crippen molar-refractivity contribution in [1.29, 1.82) is 0 Å². The van der Waals surface area contributed by atoms with Gasteiger partial charge in [0.25, 0.3) is 0 Å². The third-order valence-electron chi connectivity index (χ3n) is 2.07. The predicted molar refractivity (Wildman–Crippen MR) is 56.1 cm³/mol. The second-order valence-electron chi connectivity index (χ2n) is 3.08. The summed E-state index contributed by atoms with van der Waals surface area (Å²) in [5.74, 6) is -1.64. The number of hydrogen-bond donors (Lipinski definition) is 2. The van der Waals surface area contributed by atoms with Crippen molar-refractivity contribution in [3.05, 3.63) is 42.4 Å². The molecular formula is C11H8N2O3. The first-order valence-electron chi connectivity index (χ1n) is 4.53. The smallest absolute Gasteiger partial charge is 0.358 e. The molecule has 0 bridgehead atoms. The number of hydrogen-bond acceptors (Lipinski definition) is 4. The SMILES string of the molecule is O=C(O)c1nccc(-c2ccccn2)c1O. The molecule has 16 heavy (non-hydrogen) atoms. The molecule has 0 atom stereocenters. The van der Waals surface area contributed by atoms with Gasteiger partial charge in [-0.2, -0.15) is 0 Å². The van der Waals surface area contributed by atoms with E-state index >= 15 is 0 Å². The number of rotatable bonds is 2. The maximum Gasteiger partial charge on any atom is 0.358 e. The monoisotopic (exact) mass is 216 g/mol. The molecule has 0 saturated heterocycles. The highest BCUT2D eigenvalue weighted by atomic mass is 16.4. The number of carboxylic acid groups (broad SMARTS) is 1. The van der Waals surface area contributed by atoms with Gasteiger partial charge in [0.05, 0.1) is 5.69 Å².